The Morgan fingerprint density at radius 2 is 2.03 bits per heavy atom. The van der Waals surface area contributed by atoms with Crippen LogP contribution in [0.15, 0.2) is 71.3 Å². The molecule has 162 valence electrons. The van der Waals surface area contributed by atoms with Crippen molar-refractivity contribution in [1.29, 1.82) is 0 Å². The molecule has 1 aliphatic carbocycles. The lowest BCUT2D eigenvalue weighted by Crippen LogP contribution is -2.19. The average molecular weight is 429 g/mol. The summed E-state index contributed by atoms with van der Waals surface area (Å²) in [6.45, 7) is 0.230. The van der Waals surface area contributed by atoms with Gasteiger partial charge in [0.1, 0.15) is 0 Å². The normalized spacial score (nSPS) is 27.6. The van der Waals surface area contributed by atoms with Gasteiger partial charge in [-0.25, -0.2) is 4.57 Å². The van der Waals surface area contributed by atoms with E-state index in [2.05, 4.69) is 36.6 Å². The molecule has 1 aromatic carbocycles. The summed E-state index contributed by atoms with van der Waals surface area (Å²) in [4.78, 5) is 15.0. The molecule has 6 heteroatoms. The van der Waals surface area contributed by atoms with Crippen LogP contribution in [0.4, 0.5) is 5.69 Å². The zero-order valence-electron chi connectivity index (χ0n) is 17.8. The summed E-state index contributed by atoms with van der Waals surface area (Å²) in [7, 11) is -2.28. The monoisotopic (exact) mass is 428 g/mol. The standard InChI is InChI=1S/C24H33N2O3P/c1-26(23-15-6-4-7-16-23)30(27,28)29-21-10-14-22-12-5-2-3-8-17-24(18-9-13-22)19-11-20-25-24/h4-7,9,12-13,15-16,18,20H,2-3,8,10-11,14,17,19,21H2,1H3,(H,27,28)/b12-5+,18-9-,22-13+. The first kappa shape index (κ1) is 22.7. The first-order valence-corrected chi connectivity index (χ1v) is 12.4. The lowest BCUT2D eigenvalue weighted by Gasteiger charge is -2.24. The van der Waals surface area contributed by atoms with E-state index in [1.54, 1.807) is 19.2 Å². The van der Waals surface area contributed by atoms with Crippen molar-refractivity contribution in [1.82, 2.24) is 0 Å². The van der Waals surface area contributed by atoms with E-state index in [4.69, 9.17) is 9.52 Å². The van der Waals surface area contributed by atoms with Crippen molar-refractivity contribution in [3.8, 4) is 0 Å². The van der Waals surface area contributed by atoms with Gasteiger partial charge in [0, 0.05) is 12.7 Å². The van der Waals surface area contributed by atoms with Crippen LogP contribution in [0.2, 0.25) is 0 Å². The fourth-order valence-electron chi connectivity index (χ4n) is 3.86. The molecule has 0 saturated carbocycles. The van der Waals surface area contributed by atoms with E-state index in [0.717, 1.165) is 32.1 Å². The van der Waals surface area contributed by atoms with E-state index < -0.39 is 7.75 Å². The first-order valence-electron chi connectivity index (χ1n) is 10.9. The number of anilines is 1. The molecule has 0 bridgehead atoms. The predicted molar refractivity (Wildman–Crippen MR) is 125 cm³/mol. The average Bonchev–Trinajstić information content (AvgIpc) is 3.20. The summed E-state index contributed by atoms with van der Waals surface area (Å²) in [5.41, 5.74) is 1.85. The van der Waals surface area contributed by atoms with Crippen LogP contribution in [0.25, 0.3) is 0 Å². The second-order valence-corrected chi connectivity index (χ2v) is 9.83. The number of para-hydroxylation sites is 1. The van der Waals surface area contributed by atoms with Gasteiger partial charge >= 0.3 is 7.75 Å². The predicted octanol–water partition coefficient (Wildman–Crippen LogP) is 6.24. The van der Waals surface area contributed by atoms with Gasteiger partial charge in [0.15, 0.2) is 0 Å². The Hall–Kier alpha value is -1.94. The van der Waals surface area contributed by atoms with E-state index in [9.17, 15) is 9.46 Å². The smallest absolute Gasteiger partial charge is 0.308 e. The van der Waals surface area contributed by atoms with Crippen LogP contribution >= 0.6 is 7.75 Å². The zero-order chi connectivity index (χ0) is 21.3. The zero-order valence-corrected chi connectivity index (χ0v) is 18.7. The number of allylic oxidation sites excluding steroid dienone is 5. The highest BCUT2D eigenvalue weighted by atomic mass is 31.2. The Morgan fingerprint density at radius 1 is 1.20 bits per heavy atom. The van der Waals surface area contributed by atoms with Gasteiger partial charge in [-0.05, 0) is 68.9 Å². The van der Waals surface area contributed by atoms with E-state index >= 15 is 0 Å². The fraction of sp³-hybridized carbons (Fsp3) is 0.458. The molecule has 1 aliphatic heterocycles. The number of hydrogen-bond acceptors (Lipinski definition) is 3. The Balaban J connectivity index is 1.54. The van der Waals surface area contributed by atoms with Crippen molar-refractivity contribution in [3.05, 3.63) is 66.3 Å². The highest BCUT2D eigenvalue weighted by Crippen LogP contribution is 2.47. The maximum absolute atomic E-state index is 12.5. The highest BCUT2D eigenvalue weighted by molar-refractivity contribution is 7.54. The summed E-state index contributed by atoms with van der Waals surface area (Å²) >= 11 is 0. The Labute approximate surface area is 180 Å². The number of nitrogens with zero attached hydrogens (tertiary/aromatic N) is 2. The van der Waals surface area contributed by atoms with Crippen LogP contribution in [0.5, 0.6) is 0 Å². The molecule has 0 amide bonds. The van der Waals surface area contributed by atoms with E-state index in [0.29, 0.717) is 12.1 Å². The first-order chi connectivity index (χ1) is 14.5. The number of benzene rings is 1. The number of rotatable bonds is 7. The molecule has 0 radical (unpaired) electrons. The lowest BCUT2D eigenvalue weighted by atomic mass is 9.90. The minimum Gasteiger partial charge on any atom is -0.308 e. The second kappa shape index (κ2) is 10.9. The quantitative estimate of drug-likeness (QED) is 0.413. The van der Waals surface area contributed by atoms with Crippen LogP contribution in [0.3, 0.4) is 0 Å². The molecular weight excluding hydrogens is 395 g/mol. The van der Waals surface area contributed by atoms with Gasteiger partial charge in [0.2, 0.25) is 0 Å². The minimum absolute atomic E-state index is 0.0133. The molecule has 1 spiro atoms. The van der Waals surface area contributed by atoms with Gasteiger partial charge in [-0.2, -0.15) is 0 Å². The summed E-state index contributed by atoms with van der Waals surface area (Å²) in [6.07, 6.45) is 21.2. The fourth-order valence-corrected chi connectivity index (χ4v) is 4.83. The summed E-state index contributed by atoms with van der Waals surface area (Å²) in [6, 6.07) is 9.12. The van der Waals surface area contributed by atoms with Crippen LogP contribution in [-0.2, 0) is 9.09 Å². The third kappa shape index (κ3) is 6.53. The Bertz CT molecular complexity index is 847. The molecular formula is C24H33N2O3P. The second-order valence-electron chi connectivity index (χ2n) is 7.99. The van der Waals surface area contributed by atoms with Crippen molar-refractivity contribution in [2.45, 2.75) is 56.9 Å². The molecule has 0 saturated heterocycles. The molecule has 2 atom stereocenters. The lowest BCUT2D eigenvalue weighted by molar-refractivity contribution is 0.255. The number of hydrogen-bond donors (Lipinski definition) is 1. The van der Waals surface area contributed by atoms with Gasteiger partial charge < -0.3 is 4.89 Å². The summed E-state index contributed by atoms with van der Waals surface area (Å²) in [5.74, 6) is 0. The van der Waals surface area contributed by atoms with Crippen LogP contribution in [0.1, 0.15) is 51.4 Å². The molecule has 30 heavy (non-hydrogen) atoms. The molecule has 1 N–H and O–H groups in total. The molecule has 2 unspecified atom stereocenters. The molecule has 0 fully saturated rings. The van der Waals surface area contributed by atoms with Crippen molar-refractivity contribution >= 4 is 19.6 Å². The Kier molecular flexibility index (Phi) is 8.26. The number of aliphatic imine (C=N–C) groups is 1. The van der Waals surface area contributed by atoms with Crippen LogP contribution in [-0.4, -0.2) is 30.3 Å². The van der Waals surface area contributed by atoms with Crippen molar-refractivity contribution in [2.24, 2.45) is 4.99 Å². The van der Waals surface area contributed by atoms with Crippen LogP contribution < -0.4 is 4.67 Å². The molecule has 3 rings (SSSR count). The van der Waals surface area contributed by atoms with E-state index in [1.807, 2.05) is 18.2 Å². The van der Waals surface area contributed by atoms with Gasteiger partial charge in [-0.3, -0.25) is 14.2 Å². The third-order valence-electron chi connectivity index (χ3n) is 5.71. The highest BCUT2D eigenvalue weighted by Gasteiger charge is 2.28. The van der Waals surface area contributed by atoms with Gasteiger partial charge in [0.05, 0.1) is 12.1 Å². The topological polar surface area (TPSA) is 62.1 Å². The van der Waals surface area contributed by atoms with Gasteiger partial charge in [-0.1, -0.05) is 55.0 Å². The molecule has 0 aromatic heterocycles. The van der Waals surface area contributed by atoms with Crippen molar-refractivity contribution in [2.75, 3.05) is 18.3 Å². The minimum atomic E-state index is -3.86. The van der Waals surface area contributed by atoms with Crippen LogP contribution in [0, 0.1) is 0 Å². The SMILES string of the molecule is CN(c1ccccc1)P(=O)(O)OCCCC1=C/C=C\C2(CCC=N2)CCCC\C=C\1. The maximum atomic E-state index is 12.5. The molecule has 1 heterocycles. The molecule has 2 aliphatic rings. The Morgan fingerprint density at radius 3 is 2.80 bits per heavy atom. The van der Waals surface area contributed by atoms with Crippen molar-refractivity contribution < 1.29 is 14.0 Å². The maximum Gasteiger partial charge on any atom is 0.432 e. The summed E-state index contributed by atoms with van der Waals surface area (Å²) < 4.78 is 19.2. The largest absolute Gasteiger partial charge is 0.432 e. The summed E-state index contributed by atoms with van der Waals surface area (Å²) in [5, 5.41) is 0. The van der Waals surface area contributed by atoms with E-state index in [-0.39, 0.29) is 12.1 Å². The van der Waals surface area contributed by atoms with Gasteiger partial charge in [0.25, 0.3) is 0 Å². The third-order valence-corrected chi connectivity index (χ3v) is 7.22. The van der Waals surface area contributed by atoms with E-state index in [1.165, 1.54) is 23.1 Å². The van der Waals surface area contributed by atoms with Crippen molar-refractivity contribution in [3.63, 3.8) is 0 Å². The van der Waals surface area contributed by atoms with Gasteiger partial charge in [-0.15, -0.1) is 0 Å². The molecule has 5 nitrogen and oxygen atoms in total. The molecule has 1 aromatic rings.